The molecule has 0 amide bonds. The first-order chi connectivity index (χ1) is 9.86. The fraction of sp³-hybridized carbons (Fsp3) is 1.00. The summed E-state index contributed by atoms with van der Waals surface area (Å²) < 4.78 is 27.4. The van der Waals surface area contributed by atoms with E-state index in [0.29, 0.717) is 5.92 Å². The van der Waals surface area contributed by atoms with Gasteiger partial charge in [0.15, 0.2) is 0 Å². The molecule has 0 aromatic carbocycles. The summed E-state index contributed by atoms with van der Waals surface area (Å²) in [6.45, 7) is 8.67. The molecule has 0 saturated carbocycles. The molecular formula is C16H33F2N3. The van der Waals surface area contributed by atoms with Gasteiger partial charge in [0.2, 0.25) is 0 Å². The van der Waals surface area contributed by atoms with Crippen molar-refractivity contribution in [3.8, 4) is 0 Å². The molecule has 2 saturated heterocycles. The van der Waals surface area contributed by atoms with Crippen molar-refractivity contribution in [2.45, 2.75) is 39.0 Å². The van der Waals surface area contributed by atoms with Gasteiger partial charge in [-0.3, -0.25) is 9.80 Å². The molecule has 0 aromatic rings. The predicted molar refractivity (Wildman–Crippen MR) is 85.1 cm³/mol. The van der Waals surface area contributed by atoms with E-state index in [2.05, 4.69) is 25.8 Å². The summed E-state index contributed by atoms with van der Waals surface area (Å²) in [5, 5.41) is 0. The van der Waals surface area contributed by atoms with Crippen molar-refractivity contribution < 1.29 is 8.78 Å². The molecule has 3 nitrogen and oxygen atoms in total. The number of halogens is 2. The molecule has 2 fully saturated rings. The molecule has 0 unspecified atom stereocenters. The van der Waals surface area contributed by atoms with Gasteiger partial charge in [-0.15, -0.1) is 0 Å². The van der Waals surface area contributed by atoms with Crippen molar-refractivity contribution in [2.75, 3.05) is 59.9 Å². The van der Waals surface area contributed by atoms with Gasteiger partial charge in [-0.05, 0) is 45.9 Å². The summed E-state index contributed by atoms with van der Waals surface area (Å²) in [7, 11) is 3.91. The largest absolute Gasteiger partial charge is 0.306 e. The first-order valence-corrected chi connectivity index (χ1v) is 8.33. The van der Waals surface area contributed by atoms with Crippen LogP contribution >= 0.6 is 0 Å². The number of likely N-dealkylation sites (tertiary alicyclic amines) is 1. The fourth-order valence-electron chi connectivity index (χ4n) is 3.01. The number of likely N-dealkylation sites (N-methyl/N-ethyl adjacent to an activating group) is 1. The summed E-state index contributed by atoms with van der Waals surface area (Å²) in [6, 6.07) is 0. The smallest absolute Gasteiger partial charge is 0.272 e. The quantitative estimate of drug-likeness (QED) is 0.776. The van der Waals surface area contributed by atoms with Crippen molar-refractivity contribution in [2.24, 2.45) is 5.92 Å². The van der Waals surface area contributed by atoms with Crippen LogP contribution in [0.4, 0.5) is 8.78 Å². The molecule has 0 aliphatic carbocycles. The van der Waals surface area contributed by atoms with Gasteiger partial charge >= 0.3 is 0 Å². The lowest BCUT2D eigenvalue weighted by Gasteiger charge is -2.33. The van der Waals surface area contributed by atoms with E-state index in [1.165, 1.54) is 6.42 Å². The van der Waals surface area contributed by atoms with Crippen molar-refractivity contribution in [1.82, 2.24) is 14.7 Å². The maximum Gasteiger partial charge on any atom is 0.272 e. The number of nitrogens with zero attached hydrogens (tertiary/aromatic N) is 3. The van der Waals surface area contributed by atoms with E-state index in [9.17, 15) is 8.78 Å². The second-order valence-electron chi connectivity index (χ2n) is 6.78. The number of hydrogen-bond acceptors (Lipinski definition) is 3. The first-order valence-electron chi connectivity index (χ1n) is 8.33. The Kier molecular flexibility index (Phi) is 8.06. The predicted octanol–water partition coefficient (Wildman–Crippen LogP) is 2.63. The Bertz CT molecular complexity index is 279. The minimum atomic E-state index is -2.56. The summed E-state index contributed by atoms with van der Waals surface area (Å²) in [6.07, 6.45) is 3.54. The normalized spacial score (nSPS) is 26.0. The van der Waals surface area contributed by atoms with Crippen LogP contribution in [0.3, 0.4) is 0 Å². The zero-order chi connectivity index (χ0) is 15.9. The Labute approximate surface area is 129 Å². The van der Waals surface area contributed by atoms with Crippen molar-refractivity contribution >= 4 is 0 Å². The van der Waals surface area contributed by atoms with Gasteiger partial charge in [-0.2, -0.15) is 0 Å². The third-order valence-electron chi connectivity index (χ3n) is 4.11. The Morgan fingerprint density at radius 2 is 1.48 bits per heavy atom. The number of hydrogen-bond donors (Lipinski definition) is 0. The van der Waals surface area contributed by atoms with E-state index in [-0.39, 0.29) is 13.1 Å². The highest BCUT2D eigenvalue weighted by molar-refractivity contribution is 4.82. The van der Waals surface area contributed by atoms with Crippen LogP contribution in [-0.4, -0.2) is 80.5 Å². The average Bonchev–Trinajstić information content (AvgIpc) is 2.51. The van der Waals surface area contributed by atoms with Crippen molar-refractivity contribution in [1.29, 1.82) is 0 Å². The molecule has 2 aliphatic rings. The third-order valence-corrected chi connectivity index (χ3v) is 4.11. The molecule has 0 bridgehead atoms. The van der Waals surface area contributed by atoms with Crippen LogP contribution in [0.15, 0.2) is 0 Å². The molecule has 21 heavy (non-hydrogen) atoms. The lowest BCUT2D eigenvalue weighted by Crippen LogP contribution is -2.42. The second-order valence-corrected chi connectivity index (χ2v) is 6.78. The van der Waals surface area contributed by atoms with Crippen molar-refractivity contribution in [3.05, 3.63) is 0 Å². The standard InChI is InChI=1S/C13H25F2N3.C3H8/c1-16-5-3-12(4-6-16)9-18-8-7-17(2)10-13(14,15)11-18;1-3-2/h12H,3-11H2,1-2H3;3H2,1-2H3. The SMILES string of the molecule is CCC.CN1CCC(CN2CCN(C)CC(F)(F)C2)CC1. The molecule has 0 radical (unpaired) electrons. The van der Waals surface area contributed by atoms with Crippen LogP contribution in [0.5, 0.6) is 0 Å². The molecule has 2 aliphatic heterocycles. The first kappa shape index (κ1) is 18.8. The monoisotopic (exact) mass is 305 g/mol. The molecule has 0 aromatic heterocycles. The van der Waals surface area contributed by atoms with Crippen LogP contribution < -0.4 is 0 Å². The van der Waals surface area contributed by atoms with Crippen LogP contribution in [-0.2, 0) is 0 Å². The zero-order valence-electron chi connectivity index (χ0n) is 14.2. The van der Waals surface area contributed by atoms with E-state index >= 15 is 0 Å². The highest BCUT2D eigenvalue weighted by Gasteiger charge is 2.36. The Morgan fingerprint density at radius 1 is 0.905 bits per heavy atom. The Balaban J connectivity index is 0.000000677. The second kappa shape index (κ2) is 9.01. The minimum Gasteiger partial charge on any atom is -0.306 e. The van der Waals surface area contributed by atoms with Crippen LogP contribution in [0.2, 0.25) is 0 Å². The summed E-state index contributed by atoms with van der Waals surface area (Å²) in [5.74, 6) is -1.96. The van der Waals surface area contributed by atoms with Crippen molar-refractivity contribution in [3.63, 3.8) is 0 Å². The van der Waals surface area contributed by atoms with Gasteiger partial charge in [-0.1, -0.05) is 20.3 Å². The highest BCUT2D eigenvalue weighted by Crippen LogP contribution is 2.23. The number of piperidine rings is 1. The fourth-order valence-corrected chi connectivity index (χ4v) is 3.01. The maximum atomic E-state index is 13.7. The van der Waals surface area contributed by atoms with Gasteiger partial charge in [0, 0.05) is 19.6 Å². The summed E-state index contributed by atoms with van der Waals surface area (Å²) in [5.41, 5.74) is 0. The van der Waals surface area contributed by atoms with E-state index in [0.717, 1.165) is 45.6 Å². The Morgan fingerprint density at radius 3 is 2.05 bits per heavy atom. The molecule has 0 atom stereocenters. The van der Waals surface area contributed by atoms with E-state index in [1.54, 1.807) is 11.9 Å². The summed E-state index contributed by atoms with van der Waals surface area (Å²) >= 11 is 0. The number of alkyl halides is 2. The lowest BCUT2D eigenvalue weighted by atomic mass is 9.96. The van der Waals surface area contributed by atoms with Gasteiger partial charge in [-0.25, -0.2) is 8.78 Å². The molecule has 0 spiro atoms. The van der Waals surface area contributed by atoms with Gasteiger partial charge in [0.05, 0.1) is 13.1 Å². The average molecular weight is 305 g/mol. The molecule has 2 heterocycles. The van der Waals surface area contributed by atoms with Gasteiger partial charge < -0.3 is 4.90 Å². The molecule has 2 rings (SSSR count). The van der Waals surface area contributed by atoms with Crippen LogP contribution in [0, 0.1) is 5.92 Å². The van der Waals surface area contributed by atoms with Crippen LogP contribution in [0.25, 0.3) is 0 Å². The Hall–Kier alpha value is -0.260. The maximum absolute atomic E-state index is 13.7. The lowest BCUT2D eigenvalue weighted by molar-refractivity contribution is -0.0373. The van der Waals surface area contributed by atoms with Crippen LogP contribution in [0.1, 0.15) is 33.1 Å². The van der Waals surface area contributed by atoms with Gasteiger partial charge in [0.25, 0.3) is 5.92 Å². The minimum absolute atomic E-state index is 0.0658. The third kappa shape index (κ3) is 7.52. The number of rotatable bonds is 2. The van der Waals surface area contributed by atoms with E-state index in [1.807, 2.05) is 4.90 Å². The zero-order valence-corrected chi connectivity index (χ0v) is 14.2. The molecule has 0 N–H and O–H groups in total. The van der Waals surface area contributed by atoms with E-state index < -0.39 is 5.92 Å². The van der Waals surface area contributed by atoms with E-state index in [4.69, 9.17) is 0 Å². The summed E-state index contributed by atoms with van der Waals surface area (Å²) in [4.78, 5) is 6.04. The molecular weight excluding hydrogens is 272 g/mol. The molecule has 5 heteroatoms. The molecule has 126 valence electrons. The highest BCUT2D eigenvalue weighted by atomic mass is 19.3. The topological polar surface area (TPSA) is 9.72 Å². The van der Waals surface area contributed by atoms with Gasteiger partial charge in [0.1, 0.15) is 0 Å².